The molecule has 160 valence electrons. The highest BCUT2D eigenvalue weighted by Gasteiger charge is 2.30. The van der Waals surface area contributed by atoms with Gasteiger partial charge in [0.05, 0.1) is 25.2 Å². The van der Waals surface area contributed by atoms with Crippen LogP contribution in [0, 0.1) is 0 Å². The monoisotopic (exact) mass is 425 g/mol. The number of nitrogens with zero attached hydrogens (tertiary/aromatic N) is 4. The predicted molar refractivity (Wildman–Crippen MR) is 123 cm³/mol. The van der Waals surface area contributed by atoms with E-state index < -0.39 is 0 Å². The first-order chi connectivity index (χ1) is 15.7. The fraction of sp³-hybridized carbons (Fsp3) is 0.160. The minimum atomic E-state index is -0.00114. The van der Waals surface area contributed by atoms with Crippen LogP contribution < -0.4 is 10.1 Å². The van der Waals surface area contributed by atoms with Gasteiger partial charge in [0.15, 0.2) is 0 Å². The summed E-state index contributed by atoms with van der Waals surface area (Å²) in [7, 11) is 1.65. The summed E-state index contributed by atoms with van der Waals surface area (Å²) >= 11 is 0. The number of anilines is 2. The zero-order valence-corrected chi connectivity index (χ0v) is 17.7. The number of carbonyl (C=O) groups is 1. The molecule has 7 heteroatoms. The molecule has 2 aromatic heterocycles. The highest BCUT2D eigenvalue weighted by atomic mass is 16.5. The number of fused-ring (bicyclic) bond motifs is 1. The molecule has 0 atom stereocenters. The van der Waals surface area contributed by atoms with Crippen molar-refractivity contribution in [2.45, 2.75) is 13.1 Å². The molecule has 7 nitrogen and oxygen atoms in total. The van der Waals surface area contributed by atoms with Crippen LogP contribution in [0.1, 0.15) is 16.1 Å². The maximum absolute atomic E-state index is 13.6. The summed E-state index contributed by atoms with van der Waals surface area (Å²) in [4.78, 5) is 15.5. The number of para-hydroxylation sites is 1. The molecule has 1 amide bonds. The van der Waals surface area contributed by atoms with Gasteiger partial charge >= 0.3 is 0 Å². The molecule has 0 bridgehead atoms. The molecule has 1 aliphatic heterocycles. The van der Waals surface area contributed by atoms with Gasteiger partial charge < -0.3 is 19.5 Å². The minimum absolute atomic E-state index is 0.00114. The van der Waals surface area contributed by atoms with Gasteiger partial charge in [-0.2, -0.15) is 10.2 Å². The van der Waals surface area contributed by atoms with Crippen molar-refractivity contribution in [3.05, 3.63) is 90.5 Å². The molecule has 4 aromatic rings. The molecule has 3 heterocycles. The molecule has 0 saturated carbocycles. The van der Waals surface area contributed by atoms with E-state index >= 15 is 0 Å². The lowest BCUT2D eigenvalue weighted by atomic mass is 10.1. The zero-order valence-electron chi connectivity index (χ0n) is 17.7. The van der Waals surface area contributed by atoms with Gasteiger partial charge in [0.1, 0.15) is 11.4 Å². The average molecular weight is 425 g/mol. The van der Waals surface area contributed by atoms with Gasteiger partial charge in [0.25, 0.3) is 5.91 Å². The molecular formula is C25H23N5O2. The standard InChI is InChI=1S/C25H23N5O2/c1-32-21-9-7-18(8-10-21)16-30-14-13-29-17-22(19-11-12-26-27-15-19)23(24(29)25(30)31)28-20-5-3-2-4-6-20/h2-12,15,17,28H,13-14,16H2,1H3. The van der Waals surface area contributed by atoms with Crippen molar-refractivity contribution in [1.82, 2.24) is 19.7 Å². The second kappa shape index (κ2) is 8.55. The minimum Gasteiger partial charge on any atom is -0.497 e. The fourth-order valence-corrected chi connectivity index (χ4v) is 4.01. The molecule has 1 N–H and O–H groups in total. The lowest BCUT2D eigenvalue weighted by Crippen LogP contribution is -2.39. The first-order valence-corrected chi connectivity index (χ1v) is 10.5. The highest BCUT2D eigenvalue weighted by Crippen LogP contribution is 2.37. The molecule has 0 spiro atoms. The molecule has 1 aliphatic rings. The Kier molecular flexibility index (Phi) is 5.29. The molecule has 5 rings (SSSR count). The van der Waals surface area contributed by atoms with Crippen LogP contribution in [0.3, 0.4) is 0 Å². The van der Waals surface area contributed by atoms with Gasteiger partial charge in [-0.25, -0.2) is 0 Å². The number of nitrogens with one attached hydrogen (secondary N) is 1. The molecule has 2 aromatic carbocycles. The zero-order chi connectivity index (χ0) is 21.9. The van der Waals surface area contributed by atoms with Crippen molar-refractivity contribution < 1.29 is 9.53 Å². The molecule has 0 fully saturated rings. The number of hydrogen-bond acceptors (Lipinski definition) is 5. The number of methoxy groups -OCH3 is 1. The largest absolute Gasteiger partial charge is 0.497 e. The molecule has 0 saturated heterocycles. The number of ether oxygens (including phenoxy) is 1. The van der Waals surface area contributed by atoms with Gasteiger partial charge in [-0.1, -0.05) is 30.3 Å². The van der Waals surface area contributed by atoms with E-state index in [2.05, 4.69) is 15.5 Å². The van der Waals surface area contributed by atoms with Crippen molar-refractivity contribution in [2.75, 3.05) is 19.0 Å². The number of carbonyl (C=O) groups excluding carboxylic acids is 1. The van der Waals surface area contributed by atoms with E-state index in [0.717, 1.165) is 40.4 Å². The van der Waals surface area contributed by atoms with E-state index in [1.54, 1.807) is 19.5 Å². The Morgan fingerprint density at radius 3 is 2.53 bits per heavy atom. The third-order valence-electron chi connectivity index (χ3n) is 5.65. The number of benzene rings is 2. The lowest BCUT2D eigenvalue weighted by Gasteiger charge is -2.29. The Labute approximate surface area is 186 Å². The van der Waals surface area contributed by atoms with Crippen LogP contribution in [0.4, 0.5) is 11.4 Å². The second-order valence-corrected chi connectivity index (χ2v) is 7.66. The molecule has 0 radical (unpaired) electrons. The lowest BCUT2D eigenvalue weighted by molar-refractivity contribution is 0.0692. The number of amides is 1. The summed E-state index contributed by atoms with van der Waals surface area (Å²) in [6, 6.07) is 19.6. The maximum atomic E-state index is 13.6. The van der Waals surface area contributed by atoms with Crippen LogP contribution in [0.2, 0.25) is 0 Å². The Hall–Kier alpha value is -4.13. The number of aromatic nitrogens is 3. The van der Waals surface area contributed by atoms with E-state index in [4.69, 9.17) is 4.74 Å². The first kappa shape index (κ1) is 19.8. The summed E-state index contributed by atoms with van der Waals surface area (Å²) in [6.45, 7) is 1.91. The summed E-state index contributed by atoms with van der Waals surface area (Å²) in [5.74, 6) is 0.802. The number of rotatable bonds is 6. The van der Waals surface area contributed by atoms with E-state index in [-0.39, 0.29) is 5.91 Å². The van der Waals surface area contributed by atoms with Gasteiger partial charge in [-0.15, -0.1) is 0 Å². The van der Waals surface area contributed by atoms with Crippen molar-refractivity contribution in [2.24, 2.45) is 0 Å². The van der Waals surface area contributed by atoms with Crippen molar-refractivity contribution >= 4 is 17.3 Å². The average Bonchev–Trinajstić information content (AvgIpc) is 3.21. The highest BCUT2D eigenvalue weighted by molar-refractivity contribution is 6.04. The van der Waals surface area contributed by atoms with Crippen LogP contribution in [0.15, 0.2) is 79.3 Å². The SMILES string of the molecule is COc1ccc(CN2CCn3cc(-c4ccnnc4)c(Nc4ccccc4)c3C2=O)cc1. The first-order valence-electron chi connectivity index (χ1n) is 10.5. The topological polar surface area (TPSA) is 72.3 Å². The van der Waals surface area contributed by atoms with Crippen molar-refractivity contribution in [3.63, 3.8) is 0 Å². The van der Waals surface area contributed by atoms with Gasteiger partial charge in [-0.3, -0.25) is 4.79 Å². The normalized spacial score (nSPS) is 13.0. The Balaban J connectivity index is 1.51. The molecule has 32 heavy (non-hydrogen) atoms. The Morgan fingerprint density at radius 1 is 1.00 bits per heavy atom. The Bertz CT molecular complexity index is 1220. The van der Waals surface area contributed by atoms with Gasteiger partial charge in [0, 0.05) is 42.6 Å². The Morgan fingerprint density at radius 2 is 1.81 bits per heavy atom. The van der Waals surface area contributed by atoms with Crippen LogP contribution in [0.25, 0.3) is 11.1 Å². The predicted octanol–water partition coefficient (Wildman–Crippen LogP) is 4.35. The summed E-state index contributed by atoms with van der Waals surface area (Å²) in [5, 5.41) is 11.4. The van der Waals surface area contributed by atoms with E-state index in [0.29, 0.717) is 18.8 Å². The van der Waals surface area contributed by atoms with E-state index in [9.17, 15) is 4.79 Å². The fourth-order valence-electron chi connectivity index (χ4n) is 4.01. The quantitative estimate of drug-likeness (QED) is 0.497. The van der Waals surface area contributed by atoms with Crippen LogP contribution >= 0.6 is 0 Å². The molecular weight excluding hydrogens is 402 g/mol. The van der Waals surface area contributed by atoms with Gasteiger partial charge in [0.2, 0.25) is 0 Å². The second-order valence-electron chi connectivity index (χ2n) is 7.66. The van der Waals surface area contributed by atoms with Crippen LogP contribution in [-0.4, -0.2) is 39.2 Å². The number of hydrogen-bond donors (Lipinski definition) is 1. The van der Waals surface area contributed by atoms with Crippen molar-refractivity contribution in [1.29, 1.82) is 0 Å². The van der Waals surface area contributed by atoms with Crippen LogP contribution in [-0.2, 0) is 13.1 Å². The molecule has 0 unspecified atom stereocenters. The van der Waals surface area contributed by atoms with E-state index in [1.807, 2.05) is 76.3 Å². The third kappa shape index (κ3) is 3.80. The van der Waals surface area contributed by atoms with Gasteiger partial charge in [-0.05, 0) is 35.9 Å². The molecule has 0 aliphatic carbocycles. The third-order valence-corrected chi connectivity index (χ3v) is 5.65. The summed E-state index contributed by atoms with van der Waals surface area (Å²) < 4.78 is 7.28. The van der Waals surface area contributed by atoms with E-state index in [1.165, 1.54) is 0 Å². The summed E-state index contributed by atoms with van der Waals surface area (Å²) in [6.07, 6.45) is 5.41. The van der Waals surface area contributed by atoms with Crippen LogP contribution in [0.5, 0.6) is 5.75 Å². The van der Waals surface area contributed by atoms with Crippen molar-refractivity contribution in [3.8, 4) is 16.9 Å². The maximum Gasteiger partial charge on any atom is 0.273 e. The summed E-state index contributed by atoms with van der Waals surface area (Å²) in [5.41, 5.74) is 5.27. The smallest absolute Gasteiger partial charge is 0.273 e.